The average molecular weight is 287 g/mol. The Balaban J connectivity index is 1.69. The Bertz CT molecular complexity index is 499. The number of fused-ring (bicyclic) bond motifs is 1. The zero-order chi connectivity index (χ0) is 13.8. The highest BCUT2D eigenvalue weighted by atomic mass is 32.2. The Kier molecular flexibility index (Phi) is 2.94. The highest BCUT2D eigenvalue weighted by molar-refractivity contribution is 7.90. The van der Waals surface area contributed by atoms with Crippen LogP contribution in [0.4, 0.5) is 0 Å². The number of esters is 1. The second-order valence-corrected chi connectivity index (χ2v) is 8.32. The first-order valence-corrected chi connectivity index (χ1v) is 8.61. The molecule has 0 aromatic rings. The Labute approximate surface area is 114 Å². The van der Waals surface area contributed by atoms with E-state index in [1.807, 2.05) is 0 Å². The van der Waals surface area contributed by atoms with Crippen LogP contribution < -0.4 is 4.72 Å². The lowest BCUT2D eigenvalue weighted by Gasteiger charge is -2.18. The van der Waals surface area contributed by atoms with Gasteiger partial charge in [0, 0.05) is 6.04 Å². The molecule has 3 rings (SSSR count). The van der Waals surface area contributed by atoms with E-state index in [1.165, 1.54) is 0 Å². The van der Waals surface area contributed by atoms with E-state index in [4.69, 9.17) is 4.74 Å². The molecule has 19 heavy (non-hydrogen) atoms. The van der Waals surface area contributed by atoms with Crippen molar-refractivity contribution in [2.45, 2.75) is 50.8 Å². The van der Waals surface area contributed by atoms with Crippen molar-refractivity contribution in [2.75, 3.05) is 6.61 Å². The molecule has 108 valence electrons. The molecule has 0 heterocycles. The first-order valence-electron chi connectivity index (χ1n) is 7.06. The van der Waals surface area contributed by atoms with Crippen LogP contribution in [0.15, 0.2) is 0 Å². The molecule has 0 saturated heterocycles. The van der Waals surface area contributed by atoms with Gasteiger partial charge in [0.2, 0.25) is 10.0 Å². The van der Waals surface area contributed by atoms with E-state index in [-0.39, 0.29) is 28.6 Å². The Morgan fingerprint density at radius 1 is 1.42 bits per heavy atom. The van der Waals surface area contributed by atoms with Crippen molar-refractivity contribution in [1.82, 2.24) is 4.72 Å². The second kappa shape index (κ2) is 4.19. The number of rotatable bonds is 5. The van der Waals surface area contributed by atoms with Gasteiger partial charge < -0.3 is 4.74 Å². The van der Waals surface area contributed by atoms with E-state index in [0.717, 1.165) is 19.3 Å². The van der Waals surface area contributed by atoms with Crippen LogP contribution in [-0.2, 0) is 19.6 Å². The number of ether oxygens (including phenoxy) is 1. The summed E-state index contributed by atoms with van der Waals surface area (Å²) in [5.74, 6) is -0.0135. The van der Waals surface area contributed by atoms with Crippen molar-refractivity contribution in [2.24, 2.45) is 17.3 Å². The molecule has 5 nitrogen and oxygen atoms in total. The molecule has 0 aromatic carbocycles. The second-order valence-electron chi connectivity index (χ2n) is 6.33. The van der Waals surface area contributed by atoms with E-state index in [1.54, 1.807) is 6.92 Å². The summed E-state index contributed by atoms with van der Waals surface area (Å²) in [4.78, 5) is 11.9. The van der Waals surface area contributed by atoms with Crippen molar-refractivity contribution in [3.63, 3.8) is 0 Å². The Morgan fingerprint density at radius 2 is 2.11 bits per heavy atom. The summed E-state index contributed by atoms with van der Waals surface area (Å²) in [6, 6.07) is -0.0787. The maximum atomic E-state index is 12.0. The van der Waals surface area contributed by atoms with E-state index < -0.39 is 10.0 Å². The summed E-state index contributed by atoms with van der Waals surface area (Å²) in [5, 5.41) is -0.195. The Morgan fingerprint density at radius 3 is 2.68 bits per heavy atom. The van der Waals surface area contributed by atoms with Crippen LogP contribution in [0.5, 0.6) is 0 Å². The molecule has 0 bridgehead atoms. The molecule has 4 atom stereocenters. The lowest BCUT2D eigenvalue weighted by molar-refractivity contribution is -0.150. The van der Waals surface area contributed by atoms with Gasteiger partial charge in [-0.2, -0.15) is 0 Å². The third kappa shape index (κ3) is 2.18. The molecular weight excluding hydrogens is 266 g/mol. The van der Waals surface area contributed by atoms with Crippen LogP contribution in [0.3, 0.4) is 0 Å². The molecule has 3 aliphatic carbocycles. The van der Waals surface area contributed by atoms with Crippen molar-refractivity contribution in [1.29, 1.82) is 0 Å². The summed E-state index contributed by atoms with van der Waals surface area (Å²) < 4.78 is 31.9. The number of nitrogens with one attached hydrogen (secondary N) is 1. The predicted molar refractivity (Wildman–Crippen MR) is 69.8 cm³/mol. The standard InChI is InChI=1S/C13H21NO4S/c1-3-18-12(15)9-6-11(10-7-13(9,10)2)14-19(16,17)8-4-5-8/h8-11,14H,3-7H2,1-2H3/t9-,10-,11-,13+/m0/s1. The molecule has 0 spiro atoms. The van der Waals surface area contributed by atoms with Gasteiger partial charge in [-0.15, -0.1) is 0 Å². The fourth-order valence-corrected chi connectivity index (χ4v) is 5.16. The largest absolute Gasteiger partial charge is 0.466 e. The molecule has 0 aromatic heterocycles. The Hall–Kier alpha value is -0.620. The fraction of sp³-hybridized carbons (Fsp3) is 0.923. The first-order chi connectivity index (χ1) is 8.88. The molecule has 6 heteroatoms. The number of carbonyl (C=O) groups is 1. The van der Waals surface area contributed by atoms with Crippen molar-refractivity contribution in [3.05, 3.63) is 0 Å². The van der Waals surface area contributed by atoms with Gasteiger partial charge in [-0.1, -0.05) is 6.92 Å². The molecule has 3 saturated carbocycles. The van der Waals surface area contributed by atoms with Crippen LogP contribution in [0.1, 0.15) is 39.5 Å². The van der Waals surface area contributed by atoms with E-state index in [9.17, 15) is 13.2 Å². The molecule has 3 aliphatic rings. The van der Waals surface area contributed by atoms with Gasteiger partial charge >= 0.3 is 5.97 Å². The normalized spacial score (nSPS) is 40.8. The number of carbonyl (C=O) groups excluding carboxylic acids is 1. The summed E-state index contributed by atoms with van der Waals surface area (Å²) in [7, 11) is -3.17. The van der Waals surface area contributed by atoms with Gasteiger partial charge in [-0.25, -0.2) is 13.1 Å². The topological polar surface area (TPSA) is 72.5 Å². The molecule has 0 radical (unpaired) electrons. The van der Waals surface area contributed by atoms with Gasteiger partial charge in [0.1, 0.15) is 0 Å². The van der Waals surface area contributed by atoms with Crippen LogP contribution in [0.2, 0.25) is 0 Å². The summed E-state index contributed by atoms with van der Waals surface area (Å²) in [6.45, 7) is 4.26. The van der Waals surface area contributed by atoms with Gasteiger partial charge in [0.25, 0.3) is 0 Å². The van der Waals surface area contributed by atoms with Crippen molar-refractivity contribution in [3.8, 4) is 0 Å². The lowest BCUT2D eigenvalue weighted by Crippen LogP contribution is -2.38. The third-order valence-corrected chi connectivity index (χ3v) is 6.95. The number of hydrogen-bond donors (Lipinski definition) is 1. The minimum absolute atomic E-state index is 0.0526. The SMILES string of the molecule is CCOC(=O)[C@@H]1C[C@H](NS(=O)(=O)C2CC2)[C@@H]2C[C@]12C. The zero-order valence-corrected chi connectivity index (χ0v) is 12.2. The van der Waals surface area contributed by atoms with Crippen LogP contribution in [0.25, 0.3) is 0 Å². The molecule has 0 amide bonds. The minimum atomic E-state index is -3.17. The van der Waals surface area contributed by atoms with Gasteiger partial charge in [0.05, 0.1) is 17.8 Å². The number of sulfonamides is 1. The first kappa shape index (κ1) is 13.4. The molecule has 0 unspecified atom stereocenters. The molecule has 3 fully saturated rings. The summed E-state index contributed by atoms with van der Waals surface area (Å²) in [5.41, 5.74) is -0.0526. The van der Waals surface area contributed by atoms with Crippen LogP contribution >= 0.6 is 0 Å². The van der Waals surface area contributed by atoms with E-state index in [0.29, 0.717) is 18.9 Å². The molecule has 1 N–H and O–H groups in total. The minimum Gasteiger partial charge on any atom is -0.466 e. The van der Waals surface area contributed by atoms with Gasteiger partial charge in [-0.3, -0.25) is 4.79 Å². The third-order valence-electron chi connectivity index (χ3n) is 4.97. The van der Waals surface area contributed by atoms with Crippen LogP contribution in [0, 0.1) is 17.3 Å². The van der Waals surface area contributed by atoms with Crippen molar-refractivity contribution < 1.29 is 17.9 Å². The maximum Gasteiger partial charge on any atom is 0.309 e. The van der Waals surface area contributed by atoms with Crippen molar-refractivity contribution >= 4 is 16.0 Å². The van der Waals surface area contributed by atoms with E-state index >= 15 is 0 Å². The lowest BCUT2D eigenvalue weighted by atomic mass is 9.92. The summed E-state index contributed by atoms with van der Waals surface area (Å²) in [6.07, 6.45) is 3.05. The monoisotopic (exact) mass is 287 g/mol. The molecular formula is C13H21NO4S. The average Bonchev–Trinajstić information content (AvgIpc) is 3.19. The maximum absolute atomic E-state index is 12.0. The quantitative estimate of drug-likeness (QED) is 0.767. The summed E-state index contributed by atoms with van der Waals surface area (Å²) >= 11 is 0. The highest BCUT2D eigenvalue weighted by Crippen LogP contribution is 2.66. The number of hydrogen-bond acceptors (Lipinski definition) is 4. The predicted octanol–water partition coefficient (Wildman–Crippen LogP) is 1.05. The zero-order valence-electron chi connectivity index (χ0n) is 11.4. The van der Waals surface area contributed by atoms with Crippen LogP contribution in [-0.4, -0.2) is 32.3 Å². The smallest absolute Gasteiger partial charge is 0.309 e. The van der Waals surface area contributed by atoms with Gasteiger partial charge in [-0.05, 0) is 43.9 Å². The fourth-order valence-electron chi connectivity index (χ4n) is 3.53. The highest BCUT2D eigenvalue weighted by Gasteiger charge is 2.67. The van der Waals surface area contributed by atoms with Gasteiger partial charge in [0.15, 0.2) is 0 Å². The van der Waals surface area contributed by atoms with E-state index in [2.05, 4.69) is 11.6 Å². The molecule has 0 aliphatic heterocycles.